The molecule has 12 aromatic carbocycles. The van der Waals surface area contributed by atoms with Gasteiger partial charge >= 0.3 is 0 Å². The van der Waals surface area contributed by atoms with Gasteiger partial charge in [-0.3, -0.25) is 0 Å². The third kappa shape index (κ3) is 6.09. The quantitative estimate of drug-likeness (QED) is 0.144. The van der Waals surface area contributed by atoms with Crippen LogP contribution in [-0.4, -0.2) is 0 Å². The number of nitrogens with zero attached hydrogens (tertiary/aromatic N) is 1. The lowest BCUT2D eigenvalue weighted by Gasteiger charge is -2.31. The van der Waals surface area contributed by atoms with Crippen molar-refractivity contribution in [2.24, 2.45) is 0 Å². The van der Waals surface area contributed by atoms with E-state index >= 15 is 0 Å². The summed E-state index contributed by atoms with van der Waals surface area (Å²) in [6.45, 7) is 2.39. The number of benzene rings is 12. The van der Waals surface area contributed by atoms with Crippen molar-refractivity contribution in [3.05, 3.63) is 271 Å². The molecule has 1 aliphatic rings. The number of fused-ring (bicyclic) bond motifs is 9. The smallest absolute Gasteiger partial charge is 0.0540 e. The molecule has 0 saturated heterocycles. The van der Waals surface area contributed by atoms with Gasteiger partial charge in [-0.2, -0.15) is 0 Å². The van der Waals surface area contributed by atoms with Gasteiger partial charge in [0.05, 0.1) is 11.4 Å². The Morgan fingerprint density at radius 3 is 1.61 bits per heavy atom. The normalized spacial score (nSPS) is 14.1. The summed E-state index contributed by atoms with van der Waals surface area (Å²) in [4.78, 5) is 2.52. The summed E-state index contributed by atoms with van der Waals surface area (Å²) in [7, 11) is 0. The van der Waals surface area contributed by atoms with Crippen molar-refractivity contribution in [1.82, 2.24) is 0 Å². The van der Waals surface area contributed by atoms with Crippen molar-refractivity contribution in [3.8, 4) is 44.5 Å². The van der Waals surface area contributed by atoms with E-state index in [1.54, 1.807) is 0 Å². The molecule has 13 rings (SSSR count). The maximum Gasteiger partial charge on any atom is 0.0540 e. The highest BCUT2D eigenvalue weighted by atomic mass is 15.1. The summed E-state index contributed by atoms with van der Waals surface area (Å²) in [5.41, 5.74) is 16.8. The molecule has 0 bridgehead atoms. The summed E-state index contributed by atoms with van der Waals surface area (Å²) in [6.07, 6.45) is 0. The second kappa shape index (κ2) is 15.6. The number of rotatable bonds is 7. The molecule has 1 nitrogen and oxygen atoms in total. The topological polar surface area (TPSA) is 3.24 Å². The molecule has 0 spiro atoms. The molecular weight excluding hydrogens is 807 g/mol. The van der Waals surface area contributed by atoms with Crippen LogP contribution in [0.25, 0.3) is 87.6 Å². The average Bonchev–Trinajstić information content (AvgIpc) is 3.66. The van der Waals surface area contributed by atoms with Crippen LogP contribution in [0.5, 0.6) is 0 Å². The first-order valence-electron chi connectivity index (χ1n) is 23.3. The Labute approximate surface area is 391 Å². The van der Waals surface area contributed by atoms with Crippen LogP contribution >= 0.6 is 0 Å². The van der Waals surface area contributed by atoms with Crippen molar-refractivity contribution >= 4 is 60.2 Å². The molecule has 12 aromatic rings. The Hall–Kier alpha value is -8.52. The van der Waals surface area contributed by atoms with Crippen LogP contribution in [0.1, 0.15) is 23.6 Å². The molecule has 67 heavy (non-hydrogen) atoms. The Kier molecular flexibility index (Phi) is 9.05. The van der Waals surface area contributed by atoms with Gasteiger partial charge in [0.2, 0.25) is 0 Å². The molecule has 0 heterocycles. The highest BCUT2D eigenvalue weighted by Gasteiger charge is 2.41. The Morgan fingerprint density at radius 1 is 0.299 bits per heavy atom. The maximum absolute atomic E-state index is 2.52. The predicted molar refractivity (Wildman–Crippen MR) is 285 cm³/mol. The lowest BCUT2D eigenvalue weighted by molar-refractivity contribution is 0.714. The molecule has 0 saturated carbocycles. The van der Waals surface area contributed by atoms with Gasteiger partial charge in [0, 0.05) is 22.1 Å². The first-order valence-corrected chi connectivity index (χ1v) is 23.3. The second-order valence-corrected chi connectivity index (χ2v) is 18.1. The van der Waals surface area contributed by atoms with Crippen LogP contribution in [0, 0.1) is 0 Å². The first kappa shape index (κ1) is 38.9. The largest absolute Gasteiger partial charge is 0.309 e. The van der Waals surface area contributed by atoms with Crippen LogP contribution < -0.4 is 4.90 Å². The van der Waals surface area contributed by atoms with Gasteiger partial charge in [0.1, 0.15) is 0 Å². The number of anilines is 3. The first-order chi connectivity index (χ1) is 33.1. The minimum atomic E-state index is -0.294. The third-order valence-corrected chi connectivity index (χ3v) is 14.5. The van der Waals surface area contributed by atoms with Crippen molar-refractivity contribution in [2.75, 3.05) is 4.90 Å². The van der Waals surface area contributed by atoms with Crippen LogP contribution in [0.2, 0.25) is 0 Å². The van der Waals surface area contributed by atoms with E-state index < -0.39 is 0 Å². The highest BCUT2D eigenvalue weighted by molar-refractivity contribution is 6.22. The monoisotopic (exact) mass is 851 g/mol. The van der Waals surface area contributed by atoms with Gasteiger partial charge in [-0.15, -0.1) is 0 Å². The van der Waals surface area contributed by atoms with Crippen molar-refractivity contribution in [1.29, 1.82) is 0 Å². The van der Waals surface area contributed by atoms with Crippen LogP contribution in [-0.2, 0) is 5.41 Å². The number of hydrogen-bond acceptors (Lipinski definition) is 1. The predicted octanol–water partition coefficient (Wildman–Crippen LogP) is 18.1. The van der Waals surface area contributed by atoms with Crippen molar-refractivity contribution in [2.45, 2.75) is 12.3 Å². The van der Waals surface area contributed by atoms with E-state index in [9.17, 15) is 0 Å². The lowest BCUT2D eigenvalue weighted by Crippen LogP contribution is -2.22. The Morgan fingerprint density at radius 2 is 0.836 bits per heavy atom. The van der Waals surface area contributed by atoms with E-state index in [1.165, 1.54) is 93.2 Å². The lowest BCUT2D eigenvalue weighted by atomic mass is 9.74. The molecule has 0 N–H and O–H groups in total. The molecule has 0 amide bonds. The average molecular weight is 852 g/mol. The second-order valence-electron chi connectivity index (χ2n) is 18.1. The van der Waals surface area contributed by atoms with E-state index in [-0.39, 0.29) is 5.41 Å². The Bertz CT molecular complexity index is 3870. The molecule has 1 unspecified atom stereocenters. The fraction of sp³-hybridized carbons (Fsp3) is 0.0303. The third-order valence-electron chi connectivity index (χ3n) is 14.5. The SMILES string of the molecule is CC1(c2ccccc2)c2ccccc2-c2cc(N(c3ccccc3-c3ccc4c(c3)c(-c3ccccc3)c(-c3ccccc3)c3ccccc34)c3cccc4c3ccc3ccccc34)ccc21. The maximum atomic E-state index is 2.52. The van der Waals surface area contributed by atoms with Gasteiger partial charge < -0.3 is 4.90 Å². The number of para-hydroxylation sites is 1. The molecule has 0 radical (unpaired) electrons. The zero-order valence-corrected chi connectivity index (χ0v) is 37.2. The minimum Gasteiger partial charge on any atom is -0.309 e. The highest BCUT2D eigenvalue weighted by Crippen LogP contribution is 2.55. The number of hydrogen-bond donors (Lipinski definition) is 0. The van der Waals surface area contributed by atoms with E-state index in [0.29, 0.717) is 0 Å². The van der Waals surface area contributed by atoms with Crippen molar-refractivity contribution in [3.63, 3.8) is 0 Å². The van der Waals surface area contributed by atoms with E-state index in [2.05, 4.69) is 267 Å². The molecule has 0 fully saturated rings. The summed E-state index contributed by atoms with van der Waals surface area (Å²) in [5.74, 6) is 0. The van der Waals surface area contributed by atoms with Gasteiger partial charge in [-0.05, 0) is 131 Å². The minimum absolute atomic E-state index is 0.294. The van der Waals surface area contributed by atoms with Crippen LogP contribution in [0.4, 0.5) is 17.1 Å². The molecular formula is C66H45N. The Balaban J connectivity index is 1.09. The molecule has 1 atom stereocenters. The van der Waals surface area contributed by atoms with E-state index in [4.69, 9.17) is 0 Å². The van der Waals surface area contributed by atoms with Gasteiger partial charge in [-0.25, -0.2) is 0 Å². The fourth-order valence-corrected chi connectivity index (χ4v) is 11.4. The summed E-state index contributed by atoms with van der Waals surface area (Å²) >= 11 is 0. The summed E-state index contributed by atoms with van der Waals surface area (Å²) in [5, 5.41) is 9.91. The standard InChI is InChI=1S/C66H45N/c1-66(48-25-9-4-10-26-48)60-33-17-15-30-55(60)58-43-49(38-41-61(58)66)67(63-35-19-32-52-50-27-12-11-20-44(50)36-40-56(52)63)62-34-18-16-28-51(62)47-37-39-54-53-29-13-14-31-57(53)64(45-21-5-2-6-22-45)65(59(54)42-47)46-23-7-3-8-24-46/h2-43H,1H3. The molecule has 0 aliphatic heterocycles. The van der Waals surface area contributed by atoms with Gasteiger partial charge in [0.25, 0.3) is 0 Å². The molecule has 314 valence electrons. The summed E-state index contributed by atoms with van der Waals surface area (Å²) in [6, 6.07) is 94.3. The molecule has 1 aliphatic carbocycles. The zero-order valence-electron chi connectivity index (χ0n) is 37.2. The van der Waals surface area contributed by atoms with E-state index in [0.717, 1.165) is 28.2 Å². The van der Waals surface area contributed by atoms with Crippen LogP contribution in [0.15, 0.2) is 255 Å². The van der Waals surface area contributed by atoms with E-state index in [1.807, 2.05) is 0 Å². The zero-order chi connectivity index (χ0) is 44.5. The summed E-state index contributed by atoms with van der Waals surface area (Å²) < 4.78 is 0. The molecule has 0 aromatic heterocycles. The van der Waals surface area contributed by atoms with Gasteiger partial charge in [-0.1, -0.05) is 224 Å². The molecule has 1 heteroatoms. The van der Waals surface area contributed by atoms with Crippen molar-refractivity contribution < 1.29 is 0 Å². The van der Waals surface area contributed by atoms with Crippen LogP contribution in [0.3, 0.4) is 0 Å². The fourth-order valence-electron chi connectivity index (χ4n) is 11.4. The van der Waals surface area contributed by atoms with Gasteiger partial charge in [0.15, 0.2) is 0 Å².